The van der Waals surface area contributed by atoms with E-state index < -0.39 is 12.0 Å². The molecule has 36 heavy (non-hydrogen) atoms. The van der Waals surface area contributed by atoms with E-state index >= 15 is 0 Å². The lowest BCUT2D eigenvalue weighted by atomic mass is 9.94. The first kappa shape index (κ1) is 25.7. The zero-order chi connectivity index (χ0) is 26.0. The van der Waals surface area contributed by atoms with E-state index in [2.05, 4.69) is 20.9 Å². The zero-order valence-corrected chi connectivity index (χ0v) is 22.9. The van der Waals surface area contributed by atoms with E-state index in [9.17, 15) is 9.59 Å². The van der Waals surface area contributed by atoms with Gasteiger partial charge in [-0.3, -0.25) is 9.36 Å². The number of benzene rings is 2. The lowest BCUT2D eigenvalue weighted by Crippen LogP contribution is -2.40. The Morgan fingerprint density at radius 1 is 1.11 bits per heavy atom. The number of rotatable bonds is 7. The van der Waals surface area contributed by atoms with E-state index in [0.29, 0.717) is 37.8 Å². The highest BCUT2D eigenvalue weighted by Crippen LogP contribution is 2.37. The van der Waals surface area contributed by atoms with Crippen LogP contribution >= 0.6 is 27.3 Å². The fourth-order valence-corrected chi connectivity index (χ4v) is 5.51. The van der Waals surface area contributed by atoms with E-state index in [1.54, 1.807) is 52.3 Å². The molecule has 0 fully saturated rings. The molecule has 188 valence electrons. The van der Waals surface area contributed by atoms with Crippen molar-refractivity contribution >= 4 is 39.3 Å². The van der Waals surface area contributed by atoms with Gasteiger partial charge in [0.25, 0.3) is 5.56 Å². The molecule has 3 aromatic rings. The van der Waals surface area contributed by atoms with Gasteiger partial charge in [0, 0.05) is 15.6 Å². The summed E-state index contributed by atoms with van der Waals surface area (Å²) in [6.45, 7) is 3.65. The normalized spacial score (nSPS) is 15.3. The molecule has 4 rings (SSSR count). The van der Waals surface area contributed by atoms with Crippen molar-refractivity contribution in [3.63, 3.8) is 0 Å². The SMILES string of the molecule is CCOC(=O)C1=C(C)N=c2sc(=Cc3cc(Br)ccc3OC)c(=O)n2C1c1cc(OC)ccc1OC. The van der Waals surface area contributed by atoms with Crippen molar-refractivity contribution in [3.8, 4) is 17.2 Å². The minimum atomic E-state index is -0.822. The first-order valence-corrected chi connectivity index (χ1v) is 12.7. The van der Waals surface area contributed by atoms with Gasteiger partial charge in [-0.15, -0.1) is 0 Å². The van der Waals surface area contributed by atoms with Crippen molar-refractivity contribution in [1.29, 1.82) is 0 Å². The third-order valence-electron chi connectivity index (χ3n) is 5.73. The van der Waals surface area contributed by atoms with Crippen LogP contribution in [0.3, 0.4) is 0 Å². The van der Waals surface area contributed by atoms with Gasteiger partial charge in [0.05, 0.1) is 43.7 Å². The molecule has 0 N–H and O–H groups in total. The van der Waals surface area contributed by atoms with Crippen molar-refractivity contribution in [1.82, 2.24) is 4.57 Å². The summed E-state index contributed by atoms with van der Waals surface area (Å²) < 4.78 is 24.7. The topological polar surface area (TPSA) is 88.4 Å². The molecule has 10 heteroatoms. The van der Waals surface area contributed by atoms with Crippen LogP contribution in [0.2, 0.25) is 0 Å². The molecular formula is C26H25BrN2O6S. The number of thiazole rings is 1. The Labute approximate surface area is 220 Å². The summed E-state index contributed by atoms with van der Waals surface area (Å²) in [6.07, 6.45) is 1.76. The minimum absolute atomic E-state index is 0.185. The lowest BCUT2D eigenvalue weighted by molar-refractivity contribution is -0.139. The molecule has 0 saturated carbocycles. The molecule has 0 amide bonds. The van der Waals surface area contributed by atoms with Gasteiger partial charge in [0.15, 0.2) is 4.80 Å². The second-order valence-electron chi connectivity index (χ2n) is 7.80. The van der Waals surface area contributed by atoms with Gasteiger partial charge in [0.1, 0.15) is 23.3 Å². The molecule has 2 heterocycles. The Hall–Kier alpha value is -3.37. The molecule has 0 radical (unpaired) electrons. The van der Waals surface area contributed by atoms with Crippen molar-refractivity contribution in [2.45, 2.75) is 19.9 Å². The number of esters is 1. The van der Waals surface area contributed by atoms with Crippen molar-refractivity contribution in [2.75, 3.05) is 27.9 Å². The van der Waals surface area contributed by atoms with Crippen LogP contribution < -0.4 is 29.1 Å². The monoisotopic (exact) mass is 572 g/mol. The number of nitrogens with zero attached hydrogens (tertiary/aromatic N) is 2. The summed E-state index contributed by atoms with van der Waals surface area (Å²) in [5.41, 5.74) is 1.75. The largest absolute Gasteiger partial charge is 0.497 e. The van der Waals surface area contributed by atoms with Crippen LogP contribution in [0.4, 0.5) is 0 Å². The quantitative estimate of drug-likeness (QED) is 0.402. The molecule has 1 aliphatic heterocycles. The summed E-state index contributed by atoms with van der Waals surface area (Å²) in [6, 6.07) is 9.99. The maximum atomic E-state index is 13.9. The van der Waals surface area contributed by atoms with Crippen LogP contribution in [0, 0.1) is 0 Å². The molecule has 1 aromatic heterocycles. The van der Waals surface area contributed by atoms with Crippen molar-refractivity contribution in [3.05, 3.63) is 83.0 Å². The van der Waals surface area contributed by atoms with Gasteiger partial charge < -0.3 is 18.9 Å². The summed E-state index contributed by atoms with van der Waals surface area (Å²) in [5, 5.41) is 0. The molecule has 0 aliphatic carbocycles. The number of aromatic nitrogens is 1. The van der Waals surface area contributed by atoms with Crippen LogP contribution in [0.25, 0.3) is 6.08 Å². The Kier molecular flexibility index (Phi) is 7.65. The average molecular weight is 573 g/mol. The predicted molar refractivity (Wildman–Crippen MR) is 141 cm³/mol. The fraction of sp³-hybridized carbons (Fsp3) is 0.269. The van der Waals surface area contributed by atoms with E-state index in [1.807, 2.05) is 18.2 Å². The molecule has 1 aliphatic rings. The van der Waals surface area contributed by atoms with E-state index in [-0.39, 0.29) is 17.7 Å². The summed E-state index contributed by atoms with van der Waals surface area (Å²) in [5.74, 6) is 1.14. The minimum Gasteiger partial charge on any atom is -0.497 e. The number of carbonyl (C=O) groups is 1. The number of fused-ring (bicyclic) bond motifs is 1. The predicted octanol–water partition coefficient (Wildman–Crippen LogP) is 3.59. The summed E-state index contributed by atoms with van der Waals surface area (Å²) in [7, 11) is 4.66. The third-order valence-corrected chi connectivity index (χ3v) is 7.20. The second-order valence-corrected chi connectivity index (χ2v) is 9.72. The van der Waals surface area contributed by atoms with E-state index in [4.69, 9.17) is 18.9 Å². The standard InChI is InChI=1S/C26H25BrN2O6S/c1-6-35-25(31)22-14(2)28-26-29(23(22)18-13-17(32-3)8-10-20(18)34-5)24(30)21(36-26)12-15-11-16(27)7-9-19(15)33-4/h7-13,23H,6H2,1-5H3. The number of methoxy groups -OCH3 is 3. The first-order valence-electron chi connectivity index (χ1n) is 11.1. The molecule has 1 atom stereocenters. The second kappa shape index (κ2) is 10.7. The van der Waals surface area contributed by atoms with E-state index in [1.165, 1.54) is 23.0 Å². The number of allylic oxidation sites excluding steroid dienone is 1. The fourth-order valence-electron chi connectivity index (χ4n) is 4.10. The van der Waals surface area contributed by atoms with Gasteiger partial charge in [-0.25, -0.2) is 9.79 Å². The Balaban J connectivity index is 2.03. The van der Waals surface area contributed by atoms with Gasteiger partial charge in [-0.05, 0) is 56.3 Å². The van der Waals surface area contributed by atoms with Crippen LogP contribution in [0.1, 0.15) is 31.0 Å². The van der Waals surface area contributed by atoms with Gasteiger partial charge in [0.2, 0.25) is 0 Å². The van der Waals surface area contributed by atoms with E-state index in [0.717, 1.165) is 10.0 Å². The van der Waals surface area contributed by atoms with Crippen LogP contribution in [0.15, 0.2) is 61.9 Å². The molecular weight excluding hydrogens is 548 g/mol. The smallest absolute Gasteiger partial charge is 0.338 e. The highest BCUT2D eigenvalue weighted by Gasteiger charge is 2.35. The zero-order valence-electron chi connectivity index (χ0n) is 20.5. The Morgan fingerprint density at radius 2 is 1.83 bits per heavy atom. The number of halogens is 1. The van der Waals surface area contributed by atoms with Gasteiger partial charge >= 0.3 is 5.97 Å². The summed E-state index contributed by atoms with van der Waals surface area (Å²) >= 11 is 4.71. The molecule has 0 saturated heterocycles. The highest BCUT2D eigenvalue weighted by atomic mass is 79.9. The maximum absolute atomic E-state index is 13.9. The Morgan fingerprint density at radius 3 is 2.50 bits per heavy atom. The number of hydrogen-bond acceptors (Lipinski definition) is 8. The summed E-state index contributed by atoms with van der Waals surface area (Å²) in [4.78, 5) is 32.1. The molecule has 8 nitrogen and oxygen atoms in total. The van der Waals surface area contributed by atoms with Crippen molar-refractivity contribution in [2.24, 2.45) is 4.99 Å². The Bertz CT molecular complexity index is 1540. The van der Waals surface area contributed by atoms with Crippen LogP contribution in [-0.2, 0) is 9.53 Å². The molecule has 1 unspecified atom stereocenters. The molecule has 2 aromatic carbocycles. The first-order chi connectivity index (χ1) is 17.3. The maximum Gasteiger partial charge on any atom is 0.338 e. The van der Waals surface area contributed by atoms with Crippen LogP contribution in [-0.4, -0.2) is 38.5 Å². The molecule has 0 bridgehead atoms. The third kappa shape index (κ3) is 4.70. The average Bonchev–Trinajstić information content (AvgIpc) is 3.17. The molecule has 0 spiro atoms. The number of ether oxygens (including phenoxy) is 4. The number of hydrogen-bond donors (Lipinski definition) is 0. The highest BCUT2D eigenvalue weighted by molar-refractivity contribution is 9.10. The lowest BCUT2D eigenvalue weighted by Gasteiger charge is -2.26. The van der Waals surface area contributed by atoms with Gasteiger partial charge in [-0.2, -0.15) is 0 Å². The van der Waals surface area contributed by atoms with Crippen LogP contribution in [0.5, 0.6) is 17.2 Å². The van der Waals surface area contributed by atoms with Gasteiger partial charge in [-0.1, -0.05) is 27.3 Å². The number of carbonyl (C=O) groups excluding carboxylic acids is 1. The van der Waals surface area contributed by atoms with Crippen molar-refractivity contribution < 1.29 is 23.7 Å².